The zero-order valence-corrected chi connectivity index (χ0v) is 20.5. The molecule has 1 amide bonds. The molecule has 33 heavy (non-hydrogen) atoms. The van der Waals surface area contributed by atoms with E-state index in [1.165, 1.54) is 0 Å². The van der Waals surface area contributed by atoms with Crippen LogP contribution in [0.5, 0.6) is 5.75 Å². The minimum Gasteiger partial charge on any atom is -0.420 e. The molecule has 2 aromatic rings. The van der Waals surface area contributed by atoms with Crippen LogP contribution in [0.4, 0.5) is 17.6 Å². The first-order chi connectivity index (χ1) is 15.1. The summed E-state index contributed by atoms with van der Waals surface area (Å²) in [5.41, 5.74) is -0.727. The molecule has 5 nitrogen and oxygen atoms in total. The van der Waals surface area contributed by atoms with Crippen LogP contribution in [0.2, 0.25) is 0 Å². The molecule has 0 aromatic heterocycles. The van der Waals surface area contributed by atoms with Gasteiger partial charge in [0, 0.05) is 18.6 Å². The Morgan fingerprint density at radius 3 is 1.91 bits per heavy atom. The van der Waals surface area contributed by atoms with E-state index in [1.54, 1.807) is 58.0 Å². The Balaban J connectivity index is 0.00000332. The number of carbonyl (C=O) groups excluding carboxylic acids is 1. The molecule has 0 aliphatic heterocycles. The van der Waals surface area contributed by atoms with Gasteiger partial charge < -0.3 is 15.4 Å². The van der Waals surface area contributed by atoms with E-state index in [1.807, 2.05) is 13.8 Å². The first-order valence-electron chi connectivity index (χ1n) is 10.3. The van der Waals surface area contributed by atoms with E-state index in [-0.39, 0.29) is 38.1 Å². The molecule has 0 bridgehead atoms. The maximum atomic E-state index is 14.5. The summed E-state index contributed by atoms with van der Waals surface area (Å²) in [6, 6.07) is 7.63. The van der Waals surface area contributed by atoms with E-state index in [0.29, 0.717) is 5.56 Å². The van der Waals surface area contributed by atoms with Gasteiger partial charge in [0.05, 0.1) is 0 Å². The summed E-state index contributed by atoms with van der Waals surface area (Å²) in [7, 11) is 0. The van der Waals surface area contributed by atoms with Crippen molar-refractivity contribution in [2.45, 2.75) is 60.2 Å². The summed E-state index contributed by atoms with van der Waals surface area (Å²) >= 11 is 0. The Bertz CT molecular complexity index is 910. The second kappa shape index (κ2) is 14.4. The molecule has 0 unspecified atom stereocenters. The van der Waals surface area contributed by atoms with Gasteiger partial charge in [-0.15, -0.1) is 0 Å². The molecule has 0 aliphatic carbocycles. The van der Waals surface area contributed by atoms with Gasteiger partial charge in [0.15, 0.2) is 11.6 Å². The van der Waals surface area contributed by atoms with Crippen LogP contribution in [-0.2, 0) is 6.54 Å². The number of benzene rings is 2. The van der Waals surface area contributed by atoms with Crippen LogP contribution in [0.1, 0.15) is 57.5 Å². The second-order valence-corrected chi connectivity index (χ2v) is 7.06. The van der Waals surface area contributed by atoms with E-state index in [9.17, 15) is 22.4 Å². The Labute approximate surface area is 199 Å². The van der Waals surface area contributed by atoms with E-state index in [4.69, 9.17) is 4.74 Å². The van der Waals surface area contributed by atoms with Gasteiger partial charge in [0.1, 0.15) is 5.56 Å². The normalized spacial score (nSPS) is 10.8. The fraction of sp³-hybridized carbons (Fsp3) is 0.391. The quantitative estimate of drug-likeness (QED) is 0.245. The van der Waals surface area contributed by atoms with Crippen LogP contribution in [-0.4, -0.2) is 24.0 Å². The van der Waals surface area contributed by atoms with Crippen molar-refractivity contribution in [3.05, 3.63) is 64.7 Å². The van der Waals surface area contributed by atoms with E-state index < -0.39 is 40.5 Å². The largest absolute Gasteiger partial charge is 0.420 e. The number of rotatable bonds is 6. The highest BCUT2D eigenvalue weighted by Gasteiger charge is 2.31. The van der Waals surface area contributed by atoms with Gasteiger partial charge in [-0.1, -0.05) is 44.2 Å². The lowest BCUT2D eigenvalue weighted by Crippen LogP contribution is -2.36. The molecule has 0 fully saturated rings. The number of halogens is 4. The minimum atomic E-state index is -1.86. The Morgan fingerprint density at radius 2 is 1.45 bits per heavy atom. The molecule has 2 aromatic carbocycles. The molecule has 0 saturated carbocycles. The number of amides is 1. The van der Waals surface area contributed by atoms with E-state index in [0.717, 1.165) is 0 Å². The fourth-order valence-corrected chi connectivity index (χ4v) is 2.44. The van der Waals surface area contributed by atoms with Crippen molar-refractivity contribution in [2.24, 2.45) is 4.99 Å². The molecule has 2 N–H and O–H groups in total. The average Bonchev–Trinajstić information content (AvgIpc) is 2.75. The van der Waals surface area contributed by atoms with Crippen molar-refractivity contribution in [3.8, 4) is 5.75 Å². The van der Waals surface area contributed by atoms with Crippen molar-refractivity contribution < 1.29 is 27.1 Å². The maximum absolute atomic E-state index is 14.5. The third-order valence-electron chi connectivity index (χ3n) is 3.73. The van der Waals surface area contributed by atoms with Gasteiger partial charge in [0.25, 0.3) is 11.9 Å². The predicted molar refractivity (Wildman–Crippen MR) is 127 cm³/mol. The third-order valence-corrected chi connectivity index (χ3v) is 3.73. The molecule has 2 rings (SSSR count). The zero-order valence-electron chi connectivity index (χ0n) is 19.5. The lowest BCUT2D eigenvalue weighted by Gasteiger charge is -2.17. The minimum absolute atomic E-state index is 0. The van der Waals surface area contributed by atoms with E-state index >= 15 is 0 Å². The molecule has 0 heterocycles. The Morgan fingerprint density at radius 1 is 0.939 bits per heavy atom. The number of hydrogen-bond donors (Lipinski definition) is 2. The molecular weight excluding hydrogens is 458 g/mol. The molecule has 0 saturated heterocycles. The average molecular weight is 490 g/mol. The van der Waals surface area contributed by atoms with Crippen molar-refractivity contribution >= 4 is 25.4 Å². The van der Waals surface area contributed by atoms with Crippen molar-refractivity contribution in [1.82, 2.24) is 10.6 Å². The van der Waals surface area contributed by atoms with Crippen LogP contribution >= 0.6 is 13.5 Å². The summed E-state index contributed by atoms with van der Waals surface area (Å²) in [5, 5.41) is 4.93. The number of nitrogens with zero attached hydrogens (tertiary/aromatic N) is 1. The first-order valence-corrected chi connectivity index (χ1v) is 10.3. The van der Waals surface area contributed by atoms with Crippen LogP contribution in [0.3, 0.4) is 0 Å². The van der Waals surface area contributed by atoms with Gasteiger partial charge in [-0.2, -0.15) is 22.3 Å². The smallest absolute Gasteiger partial charge is 0.290 e. The summed E-state index contributed by atoms with van der Waals surface area (Å²) < 4.78 is 62.9. The number of aliphatic imine (C=N–C) groups is 1. The fourth-order valence-electron chi connectivity index (χ4n) is 2.44. The molecule has 0 spiro atoms. The van der Waals surface area contributed by atoms with E-state index in [2.05, 4.69) is 15.6 Å². The van der Waals surface area contributed by atoms with Crippen molar-refractivity contribution in [2.75, 3.05) is 0 Å². The number of hydrogen-bond acceptors (Lipinski definition) is 3. The third kappa shape index (κ3) is 8.60. The maximum Gasteiger partial charge on any atom is 0.290 e. The zero-order chi connectivity index (χ0) is 24.4. The number of carbonyl (C=O) groups is 1. The molecule has 0 radical (unpaired) electrons. The van der Waals surface area contributed by atoms with Gasteiger partial charge in [0.2, 0.25) is 17.4 Å². The highest BCUT2D eigenvalue weighted by molar-refractivity contribution is 7.59. The summed E-state index contributed by atoms with van der Waals surface area (Å²) in [6.07, 6.45) is 0. The summed E-state index contributed by atoms with van der Waals surface area (Å²) in [4.78, 5) is 16.2. The number of nitrogens with one attached hydrogen (secondary N) is 2. The van der Waals surface area contributed by atoms with Crippen LogP contribution in [0.25, 0.3) is 0 Å². The molecule has 184 valence electrons. The highest BCUT2D eigenvalue weighted by Crippen LogP contribution is 2.30. The standard InChI is InChI=1S/C21H23F4N3O2.C2H6.H2S/c1-11(2)27-21(28-12(3)4)30-19-17(24)15(22)14(16(23)18(19)25)20(29)26-10-13-8-6-5-7-9-13;1-2;/h5-9,11-12H,10H2,1-4H3,(H,26,29)(H,27,28);1-2H3;1H2. The lowest BCUT2D eigenvalue weighted by molar-refractivity contribution is 0.0939. The first kappa shape index (κ1) is 30.2. The van der Waals surface area contributed by atoms with Gasteiger partial charge >= 0.3 is 0 Å². The lowest BCUT2D eigenvalue weighted by atomic mass is 10.1. The SMILES string of the molecule is CC.CC(C)N=C(NC(C)C)Oc1c(F)c(F)c(C(=O)NCc2ccccc2)c(F)c1F.S. The Hall–Kier alpha value is -2.75. The monoisotopic (exact) mass is 489 g/mol. The Kier molecular flexibility index (Phi) is 13.2. The molecule has 10 heteroatoms. The predicted octanol–water partition coefficient (Wildman–Crippen LogP) is 5.45. The highest BCUT2D eigenvalue weighted by atomic mass is 32.1. The number of amidine groups is 1. The van der Waals surface area contributed by atoms with Gasteiger partial charge in [-0.05, 0) is 33.3 Å². The number of ether oxygens (including phenoxy) is 1. The summed E-state index contributed by atoms with van der Waals surface area (Å²) in [6.45, 7) is 10.7. The summed E-state index contributed by atoms with van der Waals surface area (Å²) in [5.74, 6) is -10.0. The second-order valence-electron chi connectivity index (χ2n) is 7.06. The van der Waals surface area contributed by atoms with Crippen LogP contribution in [0, 0.1) is 23.3 Å². The molecular formula is C23H31F4N3O2S. The van der Waals surface area contributed by atoms with Crippen LogP contribution < -0.4 is 15.4 Å². The van der Waals surface area contributed by atoms with Crippen molar-refractivity contribution in [1.29, 1.82) is 0 Å². The van der Waals surface area contributed by atoms with Gasteiger partial charge in [-0.25, -0.2) is 13.8 Å². The topological polar surface area (TPSA) is 62.7 Å². The van der Waals surface area contributed by atoms with Gasteiger partial charge in [-0.3, -0.25) is 4.79 Å². The van der Waals surface area contributed by atoms with Crippen molar-refractivity contribution in [3.63, 3.8) is 0 Å². The molecule has 0 aliphatic rings. The van der Waals surface area contributed by atoms with Crippen LogP contribution in [0.15, 0.2) is 35.3 Å². The molecule has 0 atom stereocenters.